The molecule has 1 aromatic heterocycles. The van der Waals surface area contributed by atoms with Gasteiger partial charge in [0.15, 0.2) is 0 Å². The lowest BCUT2D eigenvalue weighted by Gasteiger charge is -2.12. The van der Waals surface area contributed by atoms with E-state index in [2.05, 4.69) is 11.9 Å². The van der Waals surface area contributed by atoms with Crippen molar-refractivity contribution in [2.45, 2.75) is 39.2 Å². The van der Waals surface area contributed by atoms with Crippen LogP contribution < -0.4 is 4.74 Å². The average Bonchev–Trinajstić information content (AvgIpc) is 2.27. The second-order valence-corrected chi connectivity index (χ2v) is 3.68. The fourth-order valence-corrected chi connectivity index (χ4v) is 1.31. The number of rotatable bonds is 6. The minimum Gasteiger partial charge on any atom is -0.475 e. The quantitative estimate of drug-likeness (QED) is 0.550. The maximum Gasteiger partial charge on any atom is 0.287 e. The fraction of sp³-hybridized carbons (Fsp3) is 0.545. The molecule has 1 aromatic rings. The first kappa shape index (κ1) is 12.4. The number of nitro groups is 1. The molecule has 0 spiro atoms. The molecule has 0 radical (unpaired) electrons. The summed E-state index contributed by atoms with van der Waals surface area (Å²) in [6, 6.07) is 2.93. The van der Waals surface area contributed by atoms with Crippen LogP contribution in [-0.4, -0.2) is 16.0 Å². The van der Waals surface area contributed by atoms with E-state index in [9.17, 15) is 10.1 Å². The standard InChI is InChI=1S/C11H16N2O3/c1-3-4-5-9(2)16-11-7-6-10(8-12-11)13(14)15/h6-9H,3-5H2,1-2H3. The van der Waals surface area contributed by atoms with Crippen LogP contribution in [0.25, 0.3) is 0 Å². The Morgan fingerprint density at radius 3 is 2.81 bits per heavy atom. The third-order valence-electron chi connectivity index (χ3n) is 2.22. The van der Waals surface area contributed by atoms with Crippen LogP contribution in [0, 0.1) is 10.1 Å². The summed E-state index contributed by atoms with van der Waals surface area (Å²) in [5, 5.41) is 10.4. The first-order valence-electron chi connectivity index (χ1n) is 5.40. The average molecular weight is 224 g/mol. The van der Waals surface area contributed by atoms with Crippen LogP contribution in [0.1, 0.15) is 33.1 Å². The molecule has 1 unspecified atom stereocenters. The molecular formula is C11H16N2O3. The van der Waals surface area contributed by atoms with E-state index in [1.165, 1.54) is 18.3 Å². The van der Waals surface area contributed by atoms with Gasteiger partial charge in [-0.05, 0) is 13.3 Å². The molecule has 1 rings (SSSR count). The molecule has 5 heteroatoms. The molecule has 0 aliphatic carbocycles. The van der Waals surface area contributed by atoms with Gasteiger partial charge in [0.25, 0.3) is 5.69 Å². The van der Waals surface area contributed by atoms with Gasteiger partial charge in [-0.2, -0.15) is 0 Å². The molecule has 0 N–H and O–H groups in total. The predicted molar refractivity (Wildman–Crippen MR) is 60.5 cm³/mol. The smallest absolute Gasteiger partial charge is 0.287 e. The molecule has 1 atom stereocenters. The Balaban J connectivity index is 2.51. The zero-order valence-corrected chi connectivity index (χ0v) is 9.55. The van der Waals surface area contributed by atoms with Crippen molar-refractivity contribution < 1.29 is 9.66 Å². The molecule has 0 aliphatic heterocycles. The number of hydrogen-bond acceptors (Lipinski definition) is 4. The molecule has 88 valence electrons. The number of aromatic nitrogens is 1. The molecule has 0 saturated heterocycles. The summed E-state index contributed by atoms with van der Waals surface area (Å²) in [5.74, 6) is 0.439. The summed E-state index contributed by atoms with van der Waals surface area (Å²) in [5.41, 5.74) is -0.0199. The van der Waals surface area contributed by atoms with E-state index in [1.54, 1.807) is 0 Å². The molecule has 0 bridgehead atoms. The zero-order valence-electron chi connectivity index (χ0n) is 9.55. The Morgan fingerprint density at radius 1 is 1.56 bits per heavy atom. The highest BCUT2D eigenvalue weighted by molar-refractivity contribution is 5.28. The lowest BCUT2D eigenvalue weighted by atomic mass is 10.2. The second-order valence-electron chi connectivity index (χ2n) is 3.68. The zero-order chi connectivity index (χ0) is 12.0. The molecular weight excluding hydrogens is 208 g/mol. The maximum absolute atomic E-state index is 10.4. The first-order chi connectivity index (χ1) is 7.63. The van der Waals surface area contributed by atoms with Crippen molar-refractivity contribution in [3.8, 4) is 5.88 Å². The van der Waals surface area contributed by atoms with Crippen molar-refractivity contribution in [2.75, 3.05) is 0 Å². The Labute approximate surface area is 94.6 Å². The Morgan fingerprint density at radius 2 is 2.31 bits per heavy atom. The summed E-state index contributed by atoms with van der Waals surface area (Å²) < 4.78 is 5.52. The van der Waals surface area contributed by atoms with E-state index in [4.69, 9.17) is 4.74 Å². The van der Waals surface area contributed by atoms with Crippen molar-refractivity contribution >= 4 is 5.69 Å². The van der Waals surface area contributed by atoms with Crippen LogP contribution in [0.3, 0.4) is 0 Å². The number of unbranched alkanes of at least 4 members (excludes halogenated alkanes) is 1. The van der Waals surface area contributed by atoms with Gasteiger partial charge in [-0.3, -0.25) is 10.1 Å². The summed E-state index contributed by atoms with van der Waals surface area (Å²) in [4.78, 5) is 13.8. The fourth-order valence-electron chi connectivity index (χ4n) is 1.31. The van der Waals surface area contributed by atoms with Gasteiger partial charge >= 0.3 is 0 Å². The largest absolute Gasteiger partial charge is 0.475 e. The minimum atomic E-state index is -0.475. The molecule has 0 aromatic carbocycles. The molecule has 1 heterocycles. The SMILES string of the molecule is CCCCC(C)Oc1ccc([N+](=O)[O-])cn1. The van der Waals surface area contributed by atoms with Gasteiger partial charge in [-0.25, -0.2) is 4.98 Å². The molecule has 16 heavy (non-hydrogen) atoms. The van der Waals surface area contributed by atoms with Crippen molar-refractivity contribution in [3.05, 3.63) is 28.4 Å². The van der Waals surface area contributed by atoms with Gasteiger partial charge in [-0.1, -0.05) is 19.8 Å². The monoisotopic (exact) mass is 224 g/mol. The minimum absolute atomic E-state index is 0.0199. The van der Waals surface area contributed by atoms with Crippen LogP contribution >= 0.6 is 0 Å². The second kappa shape index (κ2) is 6.05. The lowest BCUT2D eigenvalue weighted by Crippen LogP contribution is -2.12. The lowest BCUT2D eigenvalue weighted by molar-refractivity contribution is -0.385. The number of nitrogens with zero attached hydrogens (tertiary/aromatic N) is 2. The van der Waals surface area contributed by atoms with Crippen molar-refractivity contribution in [1.82, 2.24) is 4.98 Å². The third-order valence-corrected chi connectivity index (χ3v) is 2.22. The van der Waals surface area contributed by atoms with Crippen molar-refractivity contribution in [2.24, 2.45) is 0 Å². The molecule has 0 amide bonds. The van der Waals surface area contributed by atoms with E-state index < -0.39 is 4.92 Å². The van der Waals surface area contributed by atoms with E-state index in [0.717, 1.165) is 19.3 Å². The highest BCUT2D eigenvalue weighted by Gasteiger charge is 2.08. The van der Waals surface area contributed by atoms with Crippen LogP contribution in [0.5, 0.6) is 5.88 Å². The summed E-state index contributed by atoms with van der Waals surface area (Å²) in [7, 11) is 0. The van der Waals surface area contributed by atoms with Gasteiger partial charge in [0.2, 0.25) is 5.88 Å². The Bertz CT molecular complexity index is 338. The number of hydrogen-bond donors (Lipinski definition) is 0. The highest BCUT2D eigenvalue weighted by Crippen LogP contribution is 2.15. The number of ether oxygens (including phenoxy) is 1. The van der Waals surface area contributed by atoms with Crippen LogP contribution in [0.4, 0.5) is 5.69 Å². The van der Waals surface area contributed by atoms with Crippen molar-refractivity contribution in [3.63, 3.8) is 0 Å². The van der Waals surface area contributed by atoms with E-state index in [1.807, 2.05) is 6.92 Å². The molecule has 5 nitrogen and oxygen atoms in total. The first-order valence-corrected chi connectivity index (χ1v) is 5.40. The van der Waals surface area contributed by atoms with Gasteiger partial charge in [0, 0.05) is 12.1 Å². The predicted octanol–water partition coefficient (Wildman–Crippen LogP) is 2.95. The van der Waals surface area contributed by atoms with E-state index >= 15 is 0 Å². The van der Waals surface area contributed by atoms with Crippen LogP contribution in [0.2, 0.25) is 0 Å². The Hall–Kier alpha value is -1.65. The van der Waals surface area contributed by atoms with E-state index in [-0.39, 0.29) is 11.8 Å². The van der Waals surface area contributed by atoms with Gasteiger partial charge < -0.3 is 4.74 Å². The van der Waals surface area contributed by atoms with Crippen LogP contribution in [0.15, 0.2) is 18.3 Å². The van der Waals surface area contributed by atoms with Gasteiger partial charge in [0.1, 0.15) is 6.20 Å². The highest BCUT2D eigenvalue weighted by atomic mass is 16.6. The molecule has 0 saturated carbocycles. The topological polar surface area (TPSA) is 65.3 Å². The maximum atomic E-state index is 10.4. The van der Waals surface area contributed by atoms with Crippen LogP contribution in [-0.2, 0) is 0 Å². The van der Waals surface area contributed by atoms with E-state index in [0.29, 0.717) is 5.88 Å². The third kappa shape index (κ3) is 3.84. The van der Waals surface area contributed by atoms with Crippen molar-refractivity contribution in [1.29, 1.82) is 0 Å². The summed E-state index contributed by atoms with van der Waals surface area (Å²) in [6.07, 6.45) is 4.50. The Kier molecular flexibility index (Phi) is 4.69. The van der Waals surface area contributed by atoms with Gasteiger partial charge in [-0.15, -0.1) is 0 Å². The molecule has 0 aliphatic rings. The molecule has 0 fully saturated rings. The number of pyridine rings is 1. The summed E-state index contributed by atoms with van der Waals surface area (Å²) in [6.45, 7) is 4.09. The normalized spacial score (nSPS) is 12.1. The van der Waals surface area contributed by atoms with Gasteiger partial charge in [0.05, 0.1) is 11.0 Å². The summed E-state index contributed by atoms with van der Waals surface area (Å²) >= 11 is 0.